The minimum absolute atomic E-state index is 0.340. The predicted molar refractivity (Wildman–Crippen MR) is 48.4 cm³/mol. The molecule has 0 amide bonds. The van der Waals surface area contributed by atoms with Gasteiger partial charge in [-0.1, -0.05) is 34.1 Å². The number of rotatable bonds is 1. The van der Waals surface area contributed by atoms with E-state index in [-0.39, 0.29) is 0 Å². The van der Waals surface area contributed by atoms with Crippen LogP contribution in [-0.2, 0) is 6.42 Å². The Bertz CT molecular complexity index is 234. The summed E-state index contributed by atoms with van der Waals surface area (Å²) in [5.74, 6) is 1.05. The third-order valence-electron chi connectivity index (χ3n) is 1.89. The molecule has 0 radical (unpaired) electrons. The third kappa shape index (κ3) is 1.27. The molecule has 1 aliphatic rings. The van der Waals surface area contributed by atoms with E-state index in [0.717, 1.165) is 17.5 Å². The van der Waals surface area contributed by atoms with E-state index in [1.165, 1.54) is 5.56 Å². The molecule has 58 valence electrons. The fraction of sp³-hybridized carbons (Fsp3) is 0.333. The second-order valence-corrected chi connectivity index (χ2v) is 3.35. The van der Waals surface area contributed by atoms with Gasteiger partial charge in [-0.2, -0.15) is 0 Å². The molecule has 1 heterocycles. The normalized spacial score (nSPS) is 21.0. The summed E-state index contributed by atoms with van der Waals surface area (Å²) in [7, 11) is 0. The fourth-order valence-electron chi connectivity index (χ4n) is 1.34. The number of ether oxygens (including phenoxy) is 1. The average molecular weight is 213 g/mol. The molecule has 1 aliphatic heterocycles. The first kappa shape index (κ1) is 7.17. The molecule has 0 aliphatic carbocycles. The Morgan fingerprint density at radius 1 is 1.45 bits per heavy atom. The first-order valence-electron chi connectivity index (χ1n) is 3.70. The quantitative estimate of drug-likeness (QED) is 0.650. The van der Waals surface area contributed by atoms with Crippen LogP contribution in [0.5, 0.6) is 5.75 Å². The topological polar surface area (TPSA) is 9.23 Å². The lowest BCUT2D eigenvalue weighted by molar-refractivity contribution is 0.260. The van der Waals surface area contributed by atoms with Gasteiger partial charge in [0.25, 0.3) is 0 Å². The number of benzene rings is 1. The molecule has 0 N–H and O–H groups in total. The van der Waals surface area contributed by atoms with E-state index in [1.807, 2.05) is 12.1 Å². The van der Waals surface area contributed by atoms with Crippen molar-refractivity contribution in [3.8, 4) is 5.75 Å². The van der Waals surface area contributed by atoms with Crippen LogP contribution in [0, 0.1) is 0 Å². The van der Waals surface area contributed by atoms with E-state index in [0.29, 0.717) is 6.10 Å². The van der Waals surface area contributed by atoms with E-state index >= 15 is 0 Å². The molecule has 2 rings (SSSR count). The second-order valence-electron chi connectivity index (χ2n) is 2.71. The standard InChI is InChI=1S/C9H9BrO/c10-6-8-5-7-3-1-2-4-9(7)11-8/h1-4,8H,5-6H2. The Kier molecular flexibility index (Phi) is 1.86. The van der Waals surface area contributed by atoms with Crippen LogP contribution >= 0.6 is 15.9 Å². The molecule has 2 heteroatoms. The van der Waals surface area contributed by atoms with Crippen molar-refractivity contribution in [2.45, 2.75) is 12.5 Å². The van der Waals surface area contributed by atoms with E-state index in [4.69, 9.17) is 4.74 Å². The maximum absolute atomic E-state index is 5.61. The summed E-state index contributed by atoms with van der Waals surface area (Å²) in [5.41, 5.74) is 1.33. The van der Waals surface area contributed by atoms with Crippen molar-refractivity contribution in [2.24, 2.45) is 0 Å². The van der Waals surface area contributed by atoms with Gasteiger partial charge in [0.2, 0.25) is 0 Å². The van der Waals surface area contributed by atoms with Gasteiger partial charge in [0.15, 0.2) is 0 Å². The smallest absolute Gasteiger partial charge is 0.123 e. The number of para-hydroxylation sites is 1. The van der Waals surface area contributed by atoms with Crippen LogP contribution in [0.25, 0.3) is 0 Å². The van der Waals surface area contributed by atoms with Gasteiger partial charge in [-0.05, 0) is 11.6 Å². The number of fused-ring (bicyclic) bond motifs is 1. The predicted octanol–water partition coefficient (Wildman–Crippen LogP) is 2.39. The monoisotopic (exact) mass is 212 g/mol. The lowest BCUT2D eigenvalue weighted by Crippen LogP contribution is -2.13. The molecular formula is C9H9BrO. The molecule has 11 heavy (non-hydrogen) atoms. The first-order chi connectivity index (χ1) is 5.40. The Labute approximate surface area is 74.5 Å². The number of hydrogen-bond donors (Lipinski definition) is 0. The van der Waals surface area contributed by atoms with E-state index in [1.54, 1.807) is 0 Å². The summed E-state index contributed by atoms with van der Waals surface area (Å²) in [6.45, 7) is 0. The highest BCUT2D eigenvalue weighted by molar-refractivity contribution is 9.09. The van der Waals surface area contributed by atoms with Gasteiger partial charge < -0.3 is 4.74 Å². The first-order valence-corrected chi connectivity index (χ1v) is 4.83. The van der Waals surface area contributed by atoms with E-state index in [9.17, 15) is 0 Å². The molecular weight excluding hydrogens is 204 g/mol. The van der Waals surface area contributed by atoms with E-state index < -0.39 is 0 Å². The van der Waals surface area contributed by atoms with Crippen LogP contribution in [0.3, 0.4) is 0 Å². The number of halogens is 1. The van der Waals surface area contributed by atoms with Crippen LogP contribution in [0.2, 0.25) is 0 Å². The van der Waals surface area contributed by atoms with Gasteiger partial charge in [0.1, 0.15) is 11.9 Å². The molecule has 1 aromatic carbocycles. The van der Waals surface area contributed by atoms with E-state index in [2.05, 4.69) is 28.1 Å². The fourth-order valence-corrected chi connectivity index (χ4v) is 1.70. The maximum atomic E-state index is 5.61. The highest BCUT2D eigenvalue weighted by atomic mass is 79.9. The highest BCUT2D eigenvalue weighted by Crippen LogP contribution is 2.28. The summed E-state index contributed by atoms with van der Waals surface area (Å²) in [4.78, 5) is 0. The van der Waals surface area contributed by atoms with Crippen LogP contribution < -0.4 is 4.74 Å². The van der Waals surface area contributed by atoms with Gasteiger partial charge >= 0.3 is 0 Å². The molecule has 0 fully saturated rings. The largest absolute Gasteiger partial charge is 0.489 e. The van der Waals surface area contributed by atoms with Crippen molar-refractivity contribution in [1.82, 2.24) is 0 Å². The van der Waals surface area contributed by atoms with Crippen LogP contribution in [0.1, 0.15) is 5.56 Å². The average Bonchev–Trinajstić information content (AvgIpc) is 2.46. The van der Waals surface area contributed by atoms with Crippen molar-refractivity contribution < 1.29 is 4.74 Å². The lowest BCUT2D eigenvalue weighted by Gasteiger charge is -2.04. The molecule has 0 bridgehead atoms. The SMILES string of the molecule is BrCC1Cc2ccccc2O1. The molecule has 1 unspecified atom stereocenters. The summed E-state index contributed by atoms with van der Waals surface area (Å²) in [6.07, 6.45) is 1.38. The van der Waals surface area contributed by atoms with Crippen molar-refractivity contribution in [1.29, 1.82) is 0 Å². The molecule has 0 saturated heterocycles. The zero-order valence-electron chi connectivity index (χ0n) is 6.09. The van der Waals surface area contributed by atoms with Crippen molar-refractivity contribution in [3.63, 3.8) is 0 Å². The highest BCUT2D eigenvalue weighted by Gasteiger charge is 2.20. The van der Waals surface area contributed by atoms with Crippen molar-refractivity contribution in [2.75, 3.05) is 5.33 Å². The zero-order chi connectivity index (χ0) is 7.68. The summed E-state index contributed by atoms with van der Waals surface area (Å²) in [5, 5.41) is 0.918. The number of hydrogen-bond acceptors (Lipinski definition) is 1. The van der Waals surface area contributed by atoms with Gasteiger partial charge in [-0.3, -0.25) is 0 Å². The lowest BCUT2D eigenvalue weighted by atomic mass is 10.1. The Hall–Kier alpha value is -0.500. The van der Waals surface area contributed by atoms with Gasteiger partial charge in [-0.15, -0.1) is 0 Å². The summed E-state index contributed by atoms with van der Waals surface area (Å²) >= 11 is 3.41. The number of alkyl halides is 1. The Morgan fingerprint density at radius 2 is 2.27 bits per heavy atom. The Balaban J connectivity index is 2.27. The van der Waals surface area contributed by atoms with Gasteiger partial charge in [0, 0.05) is 11.8 Å². The molecule has 1 aromatic rings. The van der Waals surface area contributed by atoms with Crippen molar-refractivity contribution in [3.05, 3.63) is 29.8 Å². The molecule has 1 atom stereocenters. The molecule has 0 aromatic heterocycles. The summed E-state index contributed by atoms with van der Waals surface area (Å²) < 4.78 is 5.61. The zero-order valence-corrected chi connectivity index (χ0v) is 7.67. The minimum Gasteiger partial charge on any atom is -0.489 e. The van der Waals surface area contributed by atoms with Crippen LogP contribution in [0.15, 0.2) is 24.3 Å². The third-order valence-corrected chi connectivity index (χ3v) is 2.61. The van der Waals surface area contributed by atoms with Crippen LogP contribution in [0.4, 0.5) is 0 Å². The minimum atomic E-state index is 0.340. The Morgan fingerprint density at radius 3 is 3.00 bits per heavy atom. The van der Waals surface area contributed by atoms with Gasteiger partial charge in [0.05, 0.1) is 0 Å². The van der Waals surface area contributed by atoms with Crippen molar-refractivity contribution >= 4 is 15.9 Å². The summed E-state index contributed by atoms with van der Waals surface area (Å²) in [6, 6.07) is 8.21. The van der Waals surface area contributed by atoms with Crippen LogP contribution in [-0.4, -0.2) is 11.4 Å². The maximum Gasteiger partial charge on any atom is 0.123 e. The second kappa shape index (κ2) is 2.86. The molecule has 0 saturated carbocycles. The van der Waals surface area contributed by atoms with Gasteiger partial charge in [-0.25, -0.2) is 0 Å². The molecule has 1 nitrogen and oxygen atoms in total. The molecule has 0 spiro atoms.